The zero-order chi connectivity index (χ0) is 19.2. The van der Waals surface area contributed by atoms with E-state index in [1.54, 1.807) is 25.4 Å². The quantitative estimate of drug-likeness (QED) is 0.633. The third kappa shape index (κ3) is 4.85. The van der Waals surface area contributed by atoms with Crippen LogP contribution in [0.1, 0.15) is 35.7 Å². The van der Waals surface area contributed by atoms with Crippen molar-refractivity contribution in [2.45, 2.75) is 19.8 Å². The maximum atomic E-state index is 12.6. The third-order valence-corrected chi connectivity index (χ3v) is 4.20. The van der Waals surface area contributed by atoms with E-state index in [4.69, 9.17) is 4.74 Å². The summed E-state index contributed by atoms with van der Waals surface area (Å²) in [4.78, 5) is 16.8. The summed E-state index contributed by atoms with van der Waals surface area (Å²) < 4.78 is 5.22. The normalized spacial score (nSPS) is 10.5. The zero-order valence-electron chi connectivity index (χ0n) is 15.7. The van der Waals surface area contributed by atoms with Gasteiger partial charge in [0.05, 0.1) is 7.11 Å². The first-order valence-electron chi connectivity index (χ1n) is 8.83. The lowest BCUT2D eigenvalue weighted by molar-refractivity contribution is 0.102. The molecule has 138 valence electrons. The minimum atomic E-state index is -0.177. The van der Waals surface area contributed by atoms with E-state index in [1.165, 1.54) is 5.56 Å². The Bertz CT molecular complexity index is 921. The number of pyridine rings is 1. The van der Waals surface area contributed by atoms with Crippen molar-refractivity contribution in [1.29, 1.82) is 0 Å². The monoisotopic (exact) mass is 361 g/mol. The SMILES string of the molecule is COc1cccc(Nc2cc(C(=O)Nc3ccc(C(C)C)cc3)ccn2)c1. The van der Waals surface area contributed by atoms with E-state index >= 15 is 0 Å². The molecule has 27 heavy (non-hydrogen) atoms. The van der Waals surface area contributed by atoms with Gasteiger partial charge in [-0.2, -0.15) is 0 Å². The van der Waals surface area contributed by atoms with Crippen LogP contribution in [0, 0.1) is 0 Å². The molecule has 0 saturated heterocycles. The fourth-order valence-electron chi connectivity index (χ4n) is 2.64. The Balaban J connectivity index is 1.71. The first-order chi connectivity index (χ1) is 13.0. The van der Waals surface area contributed by atoms with Crippen molar-refractivity contribution in [3.8, 4) is 5.75 Å². The molecule has 0 aliphatic rings. The van der Waals surface area contributed by atoms with E-state index < -0.39 is 0 Å². The van der Waals surface area contributed by atoms with Crippen molar-refractivity contribution >= 4 is 23.1 Å². The molecule has 2 N–H and O–H groups in total. The van der Waals surface area contributed by atoms with Crippen molar-refractivity contribution in [3.05, 3.63) is 78.0 Å². The summed E-state index contributed by atoms with van der Waals surface area (Å²) >= 11 is 0. The Morgan fingerprint density at radius 2 is 1.78 bits per heavy atom. The van der Waals surface area contributed by atoms with Crippen LogP contribution in [0.4, 0.5) is 17.2 Å². The van der Waals surface area contributed by atoms with Crippen LogP contribution in [0.2, 0.25) is 0 Å². The summed E-state index contributed by atoms with van der Waals surface area (Å²) in [5, 5.41) is 6.11. The van der Waals surface area contributed by atoms with Gasteiger partial charge in [-0.1, -0.05) is 32.0 Å². The number of anilines is 3. The number of rotatable bonds is 6. The maximum absolute atomic E-state index is 12.6. The highest BCUT2D eigenvalue weighted by atomic mass is 16.5. The van der Waals surface area contributed by atoms with Crippen molar-refractivity contribution in [1.82, 2.24) is 4.98 Å². The van der Waals surface area contributed by atoms with E-state index in [2.05, 4.69) is 29.5 Å². The highest BCUT2D eigenvalue weighted by molar-refractivity contribution is 6.04. The number of hydrogen-bond acceptors (Lipinski definition) is 4. The molecule has 0 unspecified atom stereocenters. The molecule has 0 atom stereocenters. The van der Waals surface area contributed by atoms with Crippen LogP contribution in [-0.2, 0) is 0 Å². The molecular formula is C22H23N3O2. The molecule has 0 spiro atoms. The number of carbonyl (C=O) groups is 1. The molecule has 3 rings (SSSR count). The summed E-state index contributed by atoms with van der Waals surface area (Å²) in [5.41, 5.74) is 3.37. The number of amides is 1. The summed E-state index contributed by atoms with van der Waals surface area (Å²) in [6.07, 6.45) is 1.61. The minimum absolute atomic E-state index is 0.177. The second-order valence-corrected chi connectivity index (χ2v) is 6.52. The number of hydrogen-bond donors (Lipinski definition) is 2. The van der Waals surface area contributed by atoms with Crippen LogP contribution in [0.25, 0.3) is 0 Å². The van der Waals surface area contributed by atoms with Gasteiger partial charge >= 0.3 is 0 Å². The molecule has 0 radical (unpaired) electrons. The summed E-state index contributed by atoms with van der Waals surface area (Å²) in [6, 6.07) is 18.8. The Kier molecular flexibility index (Phi) is 5.71. The number of aromatic nitrogens is 1. The third-order valence-electron chi connectivity index (χ3n) is 4.20. The van der Waals surface area contributed by atoms with Crippen LogP contribution >= 0.6 is 0 Å². The molecule has 1 heterocycles. The maximum Gasteiger partial charge on any atom is 0.255 e. The largest absolute Gasteiger partial charge is 0.497 e. The number of ether oxygens (including phenoxy) is 1. The van der Waals surface area contributed by atoms with E-state index in [0.29, 0.717) is 17.3 Å². The summed E-state index contributed by atoms with van der Waals surface area (Å²) in [5.74, 6) is 1.62. The smallest absolute Gasteiger partial charge is 0.255 e. The first kappa shape index (κ1) is 18.5. The Hall–Kier alpha value is -3.34. The van der Waals surface area contributed by atoms with Gasteiger partial charge in [-0.25, -0.2) is 4.98 Å². The van der Waals surface area contributed by atoms with Crippen molar-refractivity contribution in [2.75, 3.05) is 17.7 Å². The molecule has 0 bridgehead atoms. The van der Waals surface area contributed by atoms with Gasteiger partial charge in [0.15, 0.2) is 0 Å². The van der Waals surface area contributed by atoms with Crippen molar-refractivity contribution in [2.24, 2.45) is 0 Å². The topological polar surface area (TPSA) is 63.2 Å². The highest BCUT2D eigenvalue weighted by Crippen LogP contribution is 2.21. The van der Waals surface area contributed by atoms with Gasteiger partial charge in [0.25, 0.3) is 5.91 Å². The van der Waals surface area contributed by atoms with E-state index in [1.807, 2.05) is 48.5 Å². The number of methoxy groups -OCH3 is 1. The molecule has 0 fully saturated rings. The number of nitrogens with zero attached hydrogens (tertiary/aromatic N) is 1. The second-order valence-electron chi connectivity index (χ2n) is 6.52. The fourth-order valence-corrected chi connectivity index (χ4v) is 2.64. The van der Waals surface area contributed by atoms with Gasteiger partial charge in [-0.3, -0.25) is 4.79 Å². The highest BCUT2D eigenvalue weighted by Gasteiger charge is 2.08. The predicted molar refractivity (Wildman–Crippen MR) is 109 cm³/mol. The van der Waals surface area contributed by atoms with Crippen molar-refractivity contribution < 1.29 is 9.53 Å². The Morgan fingerprint density at radius 3 is 2.48 bits per heavy atom. The van der Waals surface area contributed by atoms with Crippen molar-refractivity contribution in [3.63, 3.8) is 0 Å². The van der Waals surface area contributed by atoms with Gasteiger partial charge in [-0.15, -0.1) is 0 Å². The van der Waals surface area contributed by atoms with Crippen LogP contribution in [0.5, 0.6) is 5.75 Å². The van der Waals surface area contributed by atoms with Gasteiger partial charge in [0, 0.05) is 29.2 Å². The average Bonchev–Trinajstić information content (AvgIpc) is 2.68. The number of nitrogens with one attached hydrogen (secondary N) is 2. The lowest BCUT2D eigenvalue weighted by Gasteiger charge is -2.10. The summed E-state index contributed by atoms with van der Waals surface area (Å²) in [7, 11) is 1.62. The predicted octanol–water partition coefficient (Wildman–Crippen LogP) is 5.21. The molecule has 5 nitrogen and oxygen atoms in total. The van der Waals surface area contributed by atoms with E-state index in [0.717, 1.165) is 17.1 Å². The molecule has 3 aromatic rings. The zero-order valence-corrected chi connectivity index (χ0v) is 15.7. The molecule has 0 aliphatic carbocycles. The van der Waals surface area contributed by atoms with Crippen LogP contribution in [-0.4, -0.2) is 18.0 Å². The van der Waals surface area contributed by atoms with Crippen LogP contribution < -0.4 is 15.4 Å². The van der Waals surface area contributed by atoms with Crippen LogP contribution in [0.3, 0.4) is 0 Å². The minimum Gasteiger partial charge on any atom is -0.497 e. The molecule has 2 aromatic carbocycles. The van der Waals surface area contributed by atoms with Gasteiger partial charge in [-0.05, 0) is 47.9 Å². The number of carbonyl (C=O) groups excluding carboxylic acids is 1. The summed E-state index contributed by atoms with van der Waals surface area (Å²) in [6.45, 7) is 4.28. The van der Waals surface area contributed by atoms with E-state index in [9.17, 15) is 4.79 Å². The second kappa shape index (κ2) is 8.36. The molecule has 0 aliphatic heterocycles. The number of benzene rings is 2. The van der Waals surface area contributed by atoms with Crippen LogP contribution in [0.15, 0.2) is 66.9 Å². The Morgan fingerprint density at radius 1 is 1.00 bits per heavy atom. The lowest BCUT2D eigenvalue weighted by Crippen LogP contribution is -2.12. The van der Waals surface area contributed by atoms with Gasteiger partial charge < -0.3 is 15.4 Å². The molecule has 1 aromatic heterocycles. The van der Waals surface area contributed by atoms with E-state index in [-0.39, 0.29) is 5.91 Å². The molecule has 0 saturated carbocycles. The first-order valence-corrected chi connectivity index (χ1v) is 8.83. The average molecular weight is 361 g/mol. The molecule has 5 heteroatoms. The molecule has 1 amide bonds. The van der Waals surface area contributed by atoms with Gasteiger partial charge in [0.2, 0.25) is 0 Å². The lowest BCUT2D eigenvalue weighted by atomic mass is 10.0. The Labute approximate surface area is 159 Å². The fraction of sp³-hybridized carbons (Fsp3) is 0.182. The molecular weight excluding hydrogens is 338 g/mol. The van der Waals surface area contributed by atoms with Gasteiger partial charge in [0.1, 0.15) is 11.6 Å². The standard InChI is InChI=1S/C22H23N3O2/c1-15(2)16-7-9-18(10-8-16)25-22(26)17-11-12-23-21(13-17)24-19-5-4-6-20(14-19)27-3/h4-15H,1-3H3,(H,23,24)(H,25,26).